The van der Waals surface area contributed by atoms with Crippen molar-refractivity contribution in [3.05, 3.63) is 12.2 Å². The Morgan fingerprint density at radius 3 is 2.21 bits per heavy atom. The summed E-state index contributed by atoms with van der Waals surface area (Å²) in [5.41, 5.74) is 1.27. The Morgan fingerprint density at radius 1 is 1.29 bits per heavy atom. The fourth-order valence-electron chi connectivity index (χ4n) is 1.52. The highest BCUT2D eigenvalue weighted by Crippen LogP contribution is 2.06. The first-order valence-corrected chi connectivity index (χ1v) is 5.52. The van der Waals surface area contributed by atoms with Gasteiger partial charge in [-0.15, -0.1) is 0 Å². The molecular weight excluding hydrogens is 172 g/mol. The normalized spacial score (nSPS) is 11.7. The average Bonchev–Trinajstić information content (AvgIpc) is 2.02. The van der Waals surface area contributed by atoms with Crippen LogP contribution in [0.5, 0.6) is 0 Å². The van der Waals surface area contributed by atoms with Gasteiger partial charge < -0.3 is 5.32 Å². The molecule has 0 atom stereocenters. The molecule has 0 aromatic carbocycles. The highest BCUT2D eigenvalue weighted by Gasteiger charge is 2.11. The van der Waals surface area contributed by atoms with E-state index in [0.29, 0.717) is 6.04 Å². The van der Waals surface area contributed by atoms with E-state index in [9.17, 15) is 0 Å². The van der Waals surface area contributed by atoms with E-state index in [0.717, 1.165) is 25.6 Å². The summed E-state index contributed by atoms with van der Waals surface area (Å²) >= 11 is 0. The molecule has 0 spiro atoms. The number of hydrogen-bond donors (Lipinski definition) is 1. The number of rotatable bonds is 7. The van der Waals surface area contributed by atoms with E-state index >= 15 is 0 Å². The minimum atomic E-state index is 0.603. The summed E-state index contributed by atoms with van der Waals surface area (Å²) in [5.74, 6) is 0.722. The van der Waals surface area contributed by atoms with Gasteiger partial charge in [0.2, 0.25) is 0 Å². The zero-order valence-electron chi connectivity index (χ0n) is 10.4. The van der Waals surface area contributed by atoms with E-state index in [1.54, 1.807) is 0 Å². The summed E-state index contributed by atoms with van der Waals surface area (Å²) in [6.45, 7) is 16.2. The van der Waals surface area contributed by atoms with Gasteiger partial charge in [-0.1, -0.05) is 20.4 Å². The fraction of sp³-hybridized carbons (Fsp3) is 0.833. The van der Waals surface area contributed by atoms with Crippen LogP contribution in [-0.4, -0.2) is 37.6 Å². The molecule has 0 aliphatic rings. The second-order valence-electron chi connectivity index (χ2n) is 4.70. The lowest BCUT2D eigenvalue weighted by Crippen LogP contribution is -2.36. The van der Waals surface area contributed by atoms with E-state index in [1.807, 2.05) is 7.05 Å². The quantitative estimate of drug-likeness (QED) is 0.630. The maximum atomic E-state index is 4.07. The average molecular weight is 198 g/mol. The molecule has 0 bridgehead atoms. The molecule has 0 saturated heterocycles. The predicted molar refractivity (Wildman–Crippen MR) is 64.6 cm³/mol. The SMILES string of the molecule is C=C(CNC)CN(CC(C)C)C(C)C. The fourth-order valence-corrected chi connectivity index (χ4v) is 1.52. The van der Waals surface area contributed by atoms with Crippen LogP contribution in [0.3, 0.4) is 0 Å². The molecule has 14 heavy (non-hydrogen) atoms. The van der Waals surface area contributed by atoms with Crippen molar-refractivity contribution in [1.82, 2.24) is 10.2 Å². The molecular formula is C12H26N2. The highest BCUT2D eigenvalue weighted by atomic mass is 15.1. The van der Waals surface area contributed by atoms with Gasteiger partial charge in [0.1, 0.15) is 0 Å². The van der Waals surface area contributed by atoms with Crippen LogP contribution in [0.4, 0.5) is 0 Å². The standard InChI is InChI=1S/C12H26N2/c1-10(2)8-14(11(3)4)9-12(5)7-13-6/h10-11,13H,5,7-9H2,1-4,6H3. The van der Waals surface area contributed by atoms with Gasteiger partial charge >= 0.3 is 0 Å². The molecule has 2 nitrogen and oxygen atoms in total. The molecule has 84 valence electrons. The predicted octanol–water partition coefficient (Wildman–Crippen LogP) is 2.13. The van der Waals surface area contributed by atoms with E-state index in [-0.39, 0.29) is 0 Å². The minimum Gasteiger partial charge on any atom is -0.316 e. The summed E-state index contributed by atoms with van der Waals surface area (Å²) in [6.07, 6.45) is 0. The van der Waals surface area contributed by atoms with Gasteiger partial charge in [-0.05, 0) is 32.4 Å². The molecule has 0 amide bonds. The maximum absolute atomic E-state index is 4.07. The van der Waals surface area contributed by atoms with Crippen molar-refractivity contribution in [3.8, 4) is 0 Å². The summed E-state index contributed by atoms with van der Waals surface area (Å²) in [4.78, 5) is 2.48. The van der Waals surface area contributed by atoms with E-state index in [2.05, 4.69) is 44.5 Å². The highest BCUT2D eigenvalue weighted by molar-refractivity contribution is 4.99. The van der Waals surface area contributed by atoms with Crippen molar-refractivity contribution in [2.45, 2.75) is 33.7 Å². The lowest BCUT2D eigenvalue weighted by atomic mass is 10.1. The molecule has 0 aromatic rings. The first-order valence-electron chi connectivity index (χ1n) is 5.52. The lowest BCUT2D eigenvalue weighted by Gasteiger charge is -2.29. The van der Waals surface area contributed by atoms with Crippen LogP contribution < -0.4 is 5.32 Å². The Bertz CT molecular complexity index is 162. The number of nitrogens with one attached hydrogen (secondary N) is 1. The molecule has 0 heterocycles. The zero-order chi connectivity index (χ0) is 11.1. The third-order valence-electron chi connectivity index (χ3n) is 2.18. The van der Waals surface area contributed by atoms with Gasteiger partial charge in [-0.25, -0.2) is 0 Å². The van der Waals surface area contributed by atoms with Crippen molar-refractivity contribution in [2.24, 2.45) is 5.92 Å². The molecule has 0 rings (SSSR count). The van der Waals surface area contributed by atoms with Crippen LogP contribution in [0.25, 0.3) is 0 Å². The molecule has 0 fully saturated rings. The van der Waals surface area contributed by atoms with Gasteiger partial charge in [0.05, 0.1) is 0 Å². The van der Waals surface area contributed by atoms with E-state index < -0.39 is 0 Å². The molecule has 0 unspecified atom stereocenters. The second-order valence-corrected chi connectivity index (χ2v) is 4.70. The van der Waals surface area contributed by atoms with Crippen LogP contribution in [0.15, 0.2) is 12.2 Å². The Hall–Kier alpha value is -0.340. The Morgan fingerprint density at radius 2 is 1.86 bits per heavy atom. The monoisotopic (exact) mass is 198 g/mol. The summed E-state index contributed by atoms with van der Waals surface area (Å²) in [6, 6.07) is 0.603. The lowest BCUT2D eigenvalue weighted by molar-refractivity contribution is 0.213. The van der Waals surface area contributed by atoms with Crippen LogP contribution in [-0.2, 0) is 0 Å². The van der Waals surface area contributed by atoms with Crippen molar-refractivity contribution < 1.29 is 0 Å². The van der Waals surface area contributed by atoms with Crippen molar-refractivity contribution in [3.63, 3.8) is 0 Å². The minimum absolute atomic E-state index is 0.603. The number of likely N-dealkylation sites (N-methyl/N-ethyl adjacent to an activating group) is 1. The van der Waals surface area contributed by atoms with Gasteiger partial charge in [-0.2, -0.15) is 0 Å². The first kappa shape index (κ1) is 13.7. The largest absolute Gasteiger partial charge is 0.316 e. The number of nitrogens with zero attached hydrogens (tertiary/aromatic N) is 1. The topological polar surface area (TPSA) is 15.3 Å². The molecule has 0 aliphatic carbocycles. The van der Waals surface area contributed by atoms with Gasteiger partial charge in [0.25, 0.3) is 0 Å². The Labute approximate surface area is 89.4 Å². The zero-order valence-corrected chi connectivity index (χ0v) is 10.4. The van der Waals surface area contributed by atoms with Gasteiger partial charge in [-0.3, -0.25) is 4.90 Å². The molecule has 0 radical (unpaired) electrons. The van der Waals surface area contributed by atoms with Crippen molar-refractivity contribution in [2.75, 3.05) is 26.7 Å². The second kappa shape index (κ2) is 7.02. The smallest absolute Gasteiger partial charge is 0.0205 e. The van der Waals surface area contributed by atoms with Crippen LogP contribution in [0.1, 0.15) is 27.7 Å². The number of hydrogen-bond acceptors (Lipinski definition) is 2. The van der Waals surface area contributed by atoms with E-state index in [4.69, 9.17) is 0 Å². The molecule has 1 N–H and O–H groups in total. The summed E-state index contributed by atoms with van der Waals surface area (Å²) < 4.78 is 0. The van der Waals surface area contributed by atoms with Crippen LogP contribution in [0, 0.1) is 5.92 Å². The van der Waals surface area contributed by atoms with Gasteiger partial charge in [0, 0.05) is 25.7 Å². The maximum Gasteiger partial charge on any atom is 0.0205 e. The molecule has 0 aromatic heterocycles. The Kier molecular flexibility index (Phi) is 6.85. The van der Waals surface area contributed by atoms with Crippen LogP contribution in [0.2, 0.25) is 0 Å². The molecule has 0 saturated carbocycles. The van der Waals surface area contributed by atoms with E-state index in [1.165, 1.54) is 5.57 Å². The van der Waals surface area contributed by atoms with Crippen molar-refractivity contribution in [1.29, 1.82) is 0 Å². The molecule has 2 heteroatoms. The Balaban J connectivity index is 4.02. The van der Waals surface area contributed by atoms with Crippen LogP contribution >= 0.6 is 0 Å². The molecule has 0 aliphatic heterocycles. The van der Waals surface area contributed by atoms with Gasteiger partial charge in [0.15, 0.2) is 0 Å². The third-order valence-corrected chi connectivity index (χ3v) is 2.18. The van der Waals surface area contributed by atoms with Crippen molar-refractivity contribution >= 4 is 0 Å². The first-order chi connectivity index (χ1) is 6.47. The summed E-state index contributed by atoms with van der Waals surface area (Å²) in [5, 5.41) is 3.14. The summed E-state index contributed by atoms with van der Waals surface area (Å²) in [7, 11) is 1.97. The third kappa shape index (κ3) is 6.17.